The molecule has 1 heterocycles. The third-order valence-corrected chi connectivity index (χ3v) is 5.55. The highest BCUT2D eigenvalue weighted by atomic mass is 19.3. The molecule has 1 saturated heterocycles. The molecule has 24 heavy (non-hydrogen) atoms. The van der Waals surface area contributed by atoms with Crippen LogP contribution in [-0.4, -0.2) is 60.3 Å². The van der Waals surface area contributed by atoms with E-state index in [1.54, 1.807) is 4.90 Å². The number of urea groups is 1. The highest BCUT2D eigenvalue weighted by molar-refractivity contribution is 5.75. The van der Waals surface area contributed by atoms with Gasteiger partial charge in [0.2, 0.25) is 0 Å². The highest BCUT2D eigenvalue weighted by Gasteiger charge is 2.36. The van der Waals surface area contributed by atoms with E-state index in [1.165, 1.54) is 6.42 Å². The molecule has 2 amide bonds. The number of hydrogen-bond acceptors (Lipinski definition) is 3. The maximum Gasteiger partial charge on any atom is 0.315 e. The molecular formula is C17H31F2N3O2. The first-order valence-corrected chi connectivity index (χ1v) is 9.13. The molecule has 5 nitrogen and oxygen atoms in total. The number of nitrogens with zero attached hydrogens (tertiary/aromatic N) is 1. The van der Waals surface area contributed by atoms with Crippen molar-refractivity contribution in [1.29, 1.82) is 0 Å². The Morgan fingerprint density at radius 1 is 1.21 bits per heavy atom. The second kappa shape index (κ2) is 8.94. The maximum atomic E-state index is 12.4. The molecule has 0 bridgehead atoms. The fourth-order valence-electron chi connectivity index (χ4n) is 3.95. The molecule has 1 atom stereocenters. The van der Waals surface area contributed by atoms with Gasteiger partial charge in [0, 0.05) is 19.1 Å². The van der Waals surface area contributed by atoms with Crippen molar-refractivity contribution in [3.63, 3.8) is 0 Å². The van der Waals surface area contributed by atoms with Crippen LogP contribution < -0.4 is 10.6 Å². The minimum atomic E-state index is -2.31. The zero-order valence-corrected chi connectivity index (χ0v) is 14.6. The van der Waals surface area contributed by atoms with Gasteiger partial charge in [-0.2, -0.15) is 0 Å². The molecule has 3 N–H and O–H groups in total. The summed E-state index contributed by atoms with van der Waals surface area (Å²) in [6.07, 6.45) is 4.63. The normalized spacial score (nSPS) is 23.9. The monoisotopic (exact) mass is 347 g/mol. The van der Waals surface area contributed by atoms with E-state index in [1.807, 2.05) is 6.92 Å². The van der Waals surface area contributed by atoms with E-state index < -0.39 is 12.0 Å². The largest absolute Gasteiger partial charge is 0.394 e. The minimum Gasteiger partial charge on any atom is -0.394 e. The molecule has 2 rings (SSSR count). The molecule has 0 aromatic heterocycles. The van der Waals surface area contributed by atoms with Crippen LogP contribution in [0.2, 0.25) is 0 Å². The van der Waals surface area contributed by atoms with E-state index in [2.05, 4.69) is 10.6 Å². The lowest BCUT2D eigenvalue weighted by Crippen LogP contribution is -2.59. The molecule has 0 aromatic carbocycles. The van der Waals surface area contributed by atoms with Crippen molar-refractivity contribution in [3.05, 3.63) is 0 Å². The smallest absolute Gasteiger partial charge is 0.315 e. The zero-order chi connectivity index (χ0) is 17.6. The predicted octanol–water partition coefficient (Wildman–Crippen LogP) is 2.35. The van der Waals surface area contributed by atoms with E-state index in [4.69, 9.17) is 0 Å². The Kier molecular flexibility index (Phi) is 7.22. The van der Waals surface area contributed by atoms with Gasteiger partial charge in [-0.15, -0.1) is 0 Å². The van der Waals surface area contributed by atoms with Crippen molar-refractivity contribution in [2.75, 3.05) is 26.2 Å². The lowest BCUT2D eigenvalue weighted by molar-refractivity contribution is 0.0725. The Labute approximate surface area is 143 Å². The number of aliphatic hydroxyl groups is 1. The fraction of sp³-hybridized carbons (Fsp3) is 0.941. The third kappa shape index (κ3) is 5.55. The summed E-state index contributed by atoms with van der Waals surface area (Å²) in [6, 6.07) is -0.252. The number of piperidine rings is 1. The zero-order valence-electron chi connectivity index (χ0n) is 14.6. The molecule has 140 valence electrons. The minimum absolute atomic E-state index is 0.00761. The summed E-state index contributed by atoms with van der Waals surface area (Å²) in [5.41, 5.74) is -0.596. The number of rotatable bonds is 6. The van der Waals surface area contributed by atoms with Gasteiger partial charge in [0.1, 0.15) is 0 Å². The second-order valence-electron chi connectivity index (χ2n) is 7.47. The molecule has 1 aliphatic heterocycles. The Morgan fingerprint density at radius 3 is 2.38 bits per heavy atom. The Hall–Kier alpha value is -0.950. The molecule has 0 radical (unpaired) electrons. The highest BCUT2D eigenvalue weighted by Crippen LogP contribution is 2.32. The number of alkyl halides is 2. The van der Waals surface area contributed by atoms with Crippen LogP contribution in [0.25, 0.3) is 0 Å². The molecule has 2 aliphatic rings. The summed E-state index contributed by atoms with van der Waals surface area (Å²) in [7, 11) is 0. The number of carbonyl (C=O) groups is 1. The summed E-state index contributed by atoms with van der Waals surface area (Å²) in [5, 5.41) is 15.7. The van der Waals surface area contributed by atoms with Gasteiger partial charge in [0.15, 0.2) is 0 Å². The molecule has 7 heteroatoms. The molecule has 0 aromatic rings. The van der Waals surface area contributed by atoms with Crippen LogP contribution in [0.1, 0.15) is 51.9 Å². The van der Waals surface area contributed by atoms with Gasteiger partial charge in [-0.1, -0.05) is 19.3 Å². The van der Waals surface area contributed by atoms with Gasteiger partial charge in [-0.05, 0) is 38.5 Å². The van der Waals surface area contributed by atoms with Gasteiger partial charge >= 0.3 is 6.03 Å². The standard InChI is InChI=1S/C17H31F2N3O2/c1-17(12-23,13-5-3-2-4-6-13)21-16(24)20-14-7-9-22(10-8-14)11-15(18)19/h13-15,23H,2-12H2,1H3,(H2,20,21,24). The lowest BCUT2D eigenvalue weighted by Gasteiger charge is -2.40. The molecule has 1 saturated carbocycles. The number of carbonyl (C=O) groups excluding carboxylic acids is 1. The van der Waals surface area contributed by atoms with Gasteiger partial charge in [0.05, 0.1) is 18.7 Å². The van der Waals surface area contributed by atoms with Crippen LogP contribution in [0, 0.1) is 5.92 Å². The number of likely N-dealkylation sites (tertiary alicyclic amines) is 1. The van der Waals surface area contributed by atoms with Crippen molar-refractivity contribution in [2.24, 2.45) is 5.92 Å². The number of aliphatic hydroxyl groups excluding tert-OH is 1. The summed E-state index contributed by atoms with van der Waals surface area (Å²) < 4.78 is 24.8. The summed E-state index contributed by atoms with van der Waals surface area (Å²) in [6.45, 7) is 2.80. The quantitative estimate of drug-likeness (QED) is 0.691. The summed E-state index contributed by atoms with van der Waals surface area (Å²) >= 11 is 0. The Balaban J connectivity index is 1.77. The van der Waals surface area contributed by atoms with Crippen LogP contribution in [0.5, 0.6) is 0 Å². The molecule has 1 unspecified atom stereocenters. The number of nitrogens with one attached hydrogen (secondary N) is 2. The van der Waals surface area contributed by atoms with E-state index in [-0.39, 0.29) is 25.2 Å². The van der Waals surface area contributed by atoms with Crippen molar-refractivity contribution in [1.82, 2.24) is 15.5 Å². The first-order valence-electron chi connectivity index (χ1n) is 9.13. The van der Waals surface area contributed by atoms with E-state index >= 15 is 0 Å². The Morgan fingerprint density at radius 2 is 1.83 bits per heavy atom. The second-order valence-corrected chi connectivity index (χ2v) is 7.47. The van der Waals surface area contributed by atoms with Gasteiger partial charge in [0.25, 0.3) is 6.43 Å². The van der Waals surface area contributed by atoms with Gasteiger partial charge < -0.3 is 15.7 Å². The SMILES string of the molecule is CC(CO)(NC(=O)NC1CCN(CC(F)F)CC1)C1CCCCC1. The summed E-state index contributed by atoms with van der Waals surface area (Å²) in [5.74, 6) is 0.301. The number of hydrogen-bond donors (Lipinski definition) is 3. The maximum absolute atomic E-state index is 12.4. The van der Waals surface area contributed by atoms with Crippen LogP contribution in [0.3, 0.4) is 0 Å². The molecular weight excluding hydrogens is 316 g/mol. The van der Waals surface area contributed by atoms with E-state index in [0.29, 0.717) is 31.8 Å². The Bertz CT molecular complexity index is 397. The van der Waals surface area contributed by atoms with Crippen LogP contribution >= 0.6 is 0 Å². The topological polar surface area (TPSA) is 64.6 Å². The molecule has 2 fully saturated rings. The van der Waals surface area contributed by atoms with E-state index in [9.17, 15) is 18.7 Å². The molecule has 1 aliphatic carbocycles. The van der Waals surface area contributed by atoms with Gasteiger partial charge in [-0.3, -0.25) is 4.90 Å². The van der Waals surface area contributed by atoms with Crippen LogP contribution in [0.4, 0.5) is 13.6 Å². The van der Waals surface area contributed by atoms with Crippen LogP contribution in [-0.2, 0) is 0 Å². The van der Waals surface area contributed by atoms with E-state index in [0.717, 1.165) is 25.7 Å². The van der Waals surface area contributed by atoms with Crippen molar-refractivity contribution >= 4 is 6.03 Å². The third-order valence-electron chi connectivity index (χ3n) is 5.55. The first kappa shape index (κ1) is 19.4. The summed E-state index contributed by atoms with van der Waals surface area (Å²) in [4.78, 5) is 14.1. The number of amides is 2. The predicted molar refractivity (Wildman–Crippen MR) is 89.2 cm³/mol. The fourth-order valence-corrected chi connectivity index (χ4v) is 3.95. The van der Waals surface area contributed by atoms with Crippen molar-refractivity contribution < 1.29 is 18.7 Å². The van der Waals surface area contributed by atoms with Crippen molar-refractivity contribution in [2.45, 2.75) is 69.9 Å². The van der Waals surface area contributed by atoms with Crippen LogP contribution in [0.15, 0.2) is 0 Å². The van der Waals surface area contributed by atoms with Gasteiger partial charge in [-0.25, -0.2) is 13.6 Å². The lowest BCUT2D eigenvalue weighted by atomic mass is 9.76. The number of halogens is 2. The molecule has 0 spiro atoms. The average molecular weight is 347 g/mol. The first-order chi connectivity index (χ1) is 11.4. The average Bonchev–Trinajstić information content (AvgIpc) is 2.57. The van der Waals surface area contributed by atoms with Crippen molar-refractivity contribution in [3.8, 4) is 0 Å².